The Labute approximate surface area is 68.5 Å². The zero-order valence-electron chi connectivity index (χ0n) is 8.11. The minimum Gasteiger partial charge on any atom is -0.207 e. The molecule has 0 saturated heterocycles. The van der Waals surface area contributed by atoms with Crippen molar-refractivity contribution in [3.05, 3.63) is 35.6 Å². The van der Waals surface area contributed by atoms with E-state index in [4.69, 9.17) is 1.37 Å². The van der Waals surface area contributed by atoms with Crippen molar-refractivity contribution in [3.63, 3.8) is 0 Å². The largest absolute Gasteiger partial charge is 0.207 e. The van der Waals surface area contributed by atoms with E-state index in [9.17, 15) is 4.39 Å². The Hall–Kier alpha value is -0.850. The third kappa shape index (κ3) is 2.04. The molecule has 0 heterocycles. The van der Waals surface area contributed by atoms with E-state index in [1.807, 2.05) is 20.8 Å². The summed E-state index contributed by atoms with van der Waals surface area (Å²) in [6.45, 7) is 6.12. The third-order valence-electron chi connectivity index (χ3n) is 1.64. The van der Waals surface area contributed by atoms with Gasteiger partial charge in [0.15, 0.2) is 0 Å². The van der Waals surface area contributed by atoms with E-state index in [-0.39, 0.29) is 11.5 Å². The second-order valence-corrected chi connectivity index (χ2v) is 3.68. The molecular weight excluding hydrogens is 139 g/mol. The molecule has 1 heteroatoms. The average molecular weight is 153 g/mol. The quantitative estimate of drug-likeness (QED) is 0.537. The highest BCUT2D eigenvalue weighted by molar-refractivity contribution is 5.22. The molecule has 0 nitrogen and oxygen atoms in total. The maximum atomic E-state index is 12.7. The van der Waals surface area contributed by atoms with Gasteiger partial charge in [-0.25, -0.2) is 4.39 Å². The van der Waals surface area contributed by atoms with Crippen molar-refractivity contribution >= 4 is 0 Å². The van der Waals surface area contributed by atoms with Gasteiger partial charge in [0.05, 0.1) is 1.37 Å². The fourth-order valence-electron chi connectivity index (χ4n) is 0.872. The van der Waals surface area contributed by atoms with E-state index in [0.29, 0.717) is 0 Å². The van der Waals surface area contributed by atoms with Crippen LogP contribution in [0.25, 0.3) is 0 Å². The lowest BCUT2D eigenvalue weighted by Crippen LogP contribution is -2.10. The van der Waals surface area contributed by atoms with Crippen LogP contribution in [0.4, 0.5) is 4.39 Å². The zero-order valence-corrected chi connectivity index (χ0v) is 7.11. The van der Waals surface area contributed by atoms with Crippen LogP contribution in [0, 0.1) is 5.82 Å². The first-order chi connectivity index (χ1) is 5.41. The lowest BCUT2D eigenvalue weighted by molar-refractivity contribution is 0.583. The number of hydrogen-bond acceptors (Lipinski definition) is 0. The number of rotatable bonds is 0. The maximum absolute atomic E-state index is 12.7. The van der Waals surface area contributed by atoms with Gasteiger partial charge >= 0.3 is 0 Å². The predicted octanol–water partition coefficient (Wildman–Crippen LogP) is 3.12. The molecule has 0 bridgehead atoms. The van der Waals surface area contributed by atoms with Gasteiger partial charge in [0.1, 0.15) is 5.82 Å². The average Bonchev–Trinajstić information content (AvgIpc) is 1.92. The van der Waals surface area contributed by atoms with Gasteiger partial charge in [-0.15, -0.1) is 0 Å². The normalized spacial score (nSPS) is 12.9. The fraction of sp³-hybridized carbons (Fsp3) is 0.400. The Kier molecular flexibility index (Phi) is 1.65. The van der Waals surface area contributed by atoms with Gasteiger partial charge in [-0.05, 0) is 23.1 Å². The van der Waals surface area contributed by atoms with Crippen LogP contribution in [0.15, 0.2) is 24.2 Å². The number of benzene rings is 1. The van der Waals surface area contributed by atoms with Gasteiger partial charge in [-0.2, -0.15) is 0 Å². The molecule has 0 saturated carbocycles. The van der Waals surface area contributed by atoms with Crippen molar-refractivity contribution in [2.24, 2.45) is 0 Å². The van der Waals surface area contributed by atoms with Crippen LogP contribution in [0.5, 0.6) is 0 Å². The molecule has 0 amide bonds. The van der Waals surface area contributed by atoms with Crippen molar-refractivity contribution in [1.82, 2.24) is 0 Å². The SMILES string of the molecule is [2H]c1cc(C(C)(C)C)ccc1F. The van der Waals surface area contributed by atoms with E-state index < -0.39 is 5.82 Å². The molecule has 0 aliphatic rings. The Bertz CT molecular complexity index is 286. The summed E-state index contributed by atoms with van der Waals surface area (Å²) in [5, 5.41) is 0. The van der Waals surface area contributed by atoms with E-state index in [0.717, 1.165) is 5.56 Å². The van der Waals surface area contributed by atoms with E-state index in [1.165, 1.54) is 6.07 Å². The van der Waals surface area contributed by atoms with Gasteiger partial charge < -0.3 is 0 Å². The Balaban J connectivity index is 3.14. The monoisotopic (exact) mass is 153 g/mol. The summed E-state index contributed by atoms with van der Waals surface area (Å²) >= 11 is 0. The zero-order chi connectivity index (χ0) is 9.35. The first-order valence-electron chi connectivity index (χ1n) is 4.18. The van der Waals surface area contributed by atoms with Gasteiger partial charge in [0, 0.05) is 0 Å². The van der Waals surface area contributed by atoms with Crippen molar-refractivity contribution in [2.45, 2.75) is 26.2 Å². The van der Waals surface area contributed by atoms with Gasteiger partial charge in [-0.3, -0.25) is 0 Å². The van der Waals surface area contributed by atoms with E-state index in [1.54, 1.807) is 12.1 Å². The molecule has 1 rings (SSSR count). The molecule has 0 aliphatic heterocycles. The molecule has 60 valence electrons. The highest BCUT2D eigenvalue weighted by Crippen LogP contribution is 2.21. The molecule has 0 aromatic heterocycles. The van der Waals surface area contributed by atoms with E-state index in [2.05, 4.69) is 0 Å². The second kappa shape index (κ2) is 2.65. The first-order valence-corrected chi connectivity index (χ1v) is 3.68. The van der Waals surface area contributed by atoms with Crippen LogP contribution in [-0.2, 0) is 5.41 Å². The number of halogens is 1. The van der Waals surface area contributed by atoms with Crippen LogP contribution < -0.4 is 0 Å². The second-order valence-electron chi connectivity index (χ2n) is 3.68. The maximum Gasteiger partial charge on any atom is 0.123 e. The topological polar surface area (TPSA) is 0 Å². The fourth-order valence-corrected chi connectivity index (χ4v) is 0.872. The minimum absolute atomic E-state index is 0.0104. The lowest BCUT2D eigenvalue weighted by Gasteiger charge is -2.18. The summed E-state index contributed by atoms with van der Waals surface area (Å²) in [5.41, 5.74) is 0.984. The lowest BCUT2D eigenvalue weighted by atomic mass is 9.87. The molecular formula is C10H13F. The highest BCUT2D eigenvalue weighted by Gasteiger charge is 2.12. The van der Waals surface area contributed by atoms with Gasteiger partial charge in [0.2, 0.25) is 0 Å². The molecule has 0 atom stereocenters. The molecule has 0 aliphatic carbocycles. The molecule has 1 aromatic rings. The Morgan fingerprint density at radius 3 is 2.36 bits per heavy atom. The first kappa shape index (κ1) is 6.84. The Morgan fingerprint density at radius 2 is 1.91 bits per heavy atom. The summed E-state index contributed by atoms with van der Waals surface area (Å²) in [6, 6.07) is 4.63. The Morgan fingerprint density at radius 1 is 1.27 bits per heavy atom. The molecule has 11 heavy (non-hydrogen) atoms. The van der Waals surface area contributed by atoms with Crippen LogP contribution in [0.2, 0.25) is 0 Å². The molecule has 0 spiro atoms. The van der Waals surface area contributed by atoms with E-state index >= 15 is 0 Å². The van der Waals surface area contributed by atoms with Gasteiger partial charge in [-0.1, -0.05) is 32.9 Å². The van der Waals surface area contributed by atoms with Crippen LogP contribution in [0.3, 0.4) is 0 Å². The molecule has 0 N–H and O–H groups in total. The summed E-state index contributed by atoms with van der Waals surface area (Å²) in [7, 11) is 0. The summed E-state index contributed by atoms with van der Waals surface area (Å²) < 4.78 is 20.0. The molecule has 0 radical (unpaired) electrons. The van der Waals surface area contributed by atoms with Crippen LogP contribution >= 0.6 is 0 Å². The molecule has 1 aromatic carbocycles. The smallest absolute Gasteiger partial charge is 0.123 e. The van der Waals surface area contributed by atoms with Crippen molar-refractivity contribution in [3.8, 4) is 0 Å². The summed E-state index contributed by atoms with van der Waals surface area (Å²) in [5.74, 6) is -0.456. The third-order valence-corrected chi connectivity index (χ3v) is 1.64. The van der Waals surface area contributed by atoms with Crippen LogP contribution in [0.1, 0.15) is 27.7 Å². The number of hydrogen-bond donors (Lipinski definition) is 0. The van der Waals surface area contributed by atoms with Crippen molar-refractivity contribution < 1.29 is 5.76 Å². The minimum atomic E-state index is -0.456. The molecule has 0 unspecified atom stereocenters. The van der Waals surface area contributed by atoms with Gasteiger partial charge in [0.25, 0.3) is 0 Å². The summed E-state index contributed by atoms with van der Waals surface area (Å²) in [6.07, 6.45) is 0. The predicted molar refractivity (Wildman–Crippen MR) is 45.1 cm³/mol. The molecule has 0 fully saturated rings. The standard InChI is InChI=1S/C10H13F/c1-10(2,3)8-4-6-9(11)7-5-8/h4-7H,1-3H3/i6D. The van der Waals surface area contributed by atoms with Crippen LogP contribution in [-0.4, -0.2) is 0 Å². The summed E-state index contributed by atoms with van der Waals surface area (Å²) in [4.78, 5) is 0. The van der Waals surface area contributed by atoms with Crippen molar-refractivity contribution in [1.29, 1.82) is 0 Å². The van der Waals surface area contributed by atoms with Crippen molar-refractivity contribution in [2.75, 3.05) is 0 Å². The highest BCUT2D eigenvalue weighted by atomic mass is 19.1.